The topological polar surface area (TPSA) is 58.2 Å². The number of hydrogen-bond acceptors (Lipinski definition) is 2. The van der Waals surface area contributed by atoms with Crippen LogP contribution in [0.3, 0.4) is 0 Å². The number of hydrogen-bond donors (Lipinski definition) is 2. The summed E-state index contributed by atoms with van der Waals surface area (Å²) in [7, 11) is 0. The van der Waals surface area contributed by atoms with Crippen molar-refractivity contribution in [3.63, 3.8) is 0 Å². The van der Waals surface area contributed by atoms with E-state index in [1.54, 1.807) is 30.3 Å². The molecule has 0 unspecified atom stereocenters. The zero-order chi connectivity index (χ0) is 17.4. The average Bonchev–Trinajstić information content (AvgIpc) is 2.60. The van der Waals surface area contributed by atoms with Crippen LogP contribution >= 0.6 is 0 Å². The second-order valence-electron chi connectivity index (χ2n) is 5.44. The first-order chi connectivity index (χ1) is 11.6. The first kappa shape index (κ1) is 17.5. The predicted octanol–water partition coefficient (Wildman–Crippen LogP) is 3.35. The summed E-state index contributed by atoms with van der Waals surface area (Å²) in [5.41, 5.74) is 3.13. The van der Waals surface area contributed by atoms with Gasteiger partial charge in [-0.25, -0.2) is 0 Å². The fourth-order valence-electron chi connectivity index (χ4n) is 2.32. The second-order valence-corrected chi connectivity index (χ2v) is 5.44. The average molecular weight is 322 g/mol. The van der Waals surface area contributed by atoms with Gasteiger partial charge in [-0.2, -0.15) is 0 Å². The van der Waals surface area contributed by atoms with E-state index in [0.29, 0.717) is 17.8 Å². The molecule has 0 spiro atoms. The quantitative estimate of drug-likeness (QED) is 0.768. The Morgan fingerprint density at radius 2 is 1.71 bits per heavy atom. The molecular formula is C20H22N2O2. The van der Waals surface area contributed by atoms with Crippen LogP contribution < -0.4 is 10.6 Å². The van der Waals surface area contributed by atoms with E-state index >= 15 is 0 Å². The van der Waals surface area contributed by atoms with Crippen LogP contribution in [-0.2, 0) is 17.6 Å². The molecule has 2 aromatic rings. The lowest BCUT2D eigenvalue weighted by molar-refractivity contribution is -0.115. The molecule has 4 heteroatoms. The lowest BCUT2D eigenvalue weighted by atomic mass is 10.1. The molecule has 124 valence electrons. The summed E-state index contributed by atoms with van der Waals surface area (Å²) in [6, 6.07) is 14.9. The van der Waals surface area contributed by atoms with Crippen LogP contribution in [-0.4, -0.2) is 18.4 Å². The third kappa shape index (κ3) is 4.81. The van der Waals surface area contributed by atoms with E-state index in [9.17, 15) is 9.59 Å². The predicted molar refractivity (Wildman–Crippen MR) is 97.1 cm³/mol. The normalized spacial score (nSPS) is 10.0. The molecule has 2 rings (SSSR count). The Balaban J connectivity index is 2.05. The van der Waals surface area contributed by atoms with E-state index in [4.69, 9.17) is 0 Å². The number of anilines is 1. The Labute approximate surface area is 142 Å². The molecule has 0 aliphatic heterocycles. The maximum absolute atomic E-state index is 12.3. The number of aryl methyl sites for hydroxylation is 1. The van der Waals surface area contributed by atoms with E-state index in [0.717, 1.165) is 12.0 Å². The number of carbonyl (C=O) groups excluding carboxylic acids is 2. The summed E-state index contributed by atoms with van der Waals surface area (Å²) in [4.78, 5) is 24.4. The number of amides is 2. The molecule has 0 aromatic heterocycles. The van der Waals surface area contributed by atoms with Crippen molar-refractivity contribution in [1.82, 2.24) is 5.32 Å². The van der Waals surface area contributed by atoms with Gasteiger partial charge in [0, 0.05) is 6.54 Å². The zero-order valence-electron chi connectivity index (χ0n) is 13.8. The van der Waals surface area contributed by atoms with Crippen molar-refractivity contribution in [2.45, 2.75) is 19.8 Å². The highest BCUT2D eigenvalue weighted by Crippen LogP contribution is 2.15. The number of para-hydroxylation sites is 1. The molecule has 0 fully saturated rings. The van der Waals surface area contributed by atoms with Gasteiger partial charge >= 0.3 is 0 Å². The first-order valence-corrected chi connectivity index (χ1v) is 7.99. The van der Waals surface area contributed by atoms with Crippen LogP contribution in [0, 0.1) is 0 Å². The number of nitrogens with one attached hydrogen (secondary N) is 2. The van der Waals surface area contributed by atoms with Gasteiger partial charge in [-0.15, -0.1) is 6.58 Å². The van der Waals surface area contributed by atoms with Crippen LogP contribution in [0.5, 0.6) is 0 Å². The van der Waals surface area contributed by atoms with Gasteiger partial charge in [-0.1, -0.05) is 49.4 Å². The smallest absolute Gasteiger partial charge is 0.253 e. The lowest BCUT2D eigenvalue weighted by Crippen LogP contribution is -2.25. The van der Waals surface area contributed by atoms with Crippen molar-refractivity contribution in [3.05, 3.63) is 77.9 Å². The number of carbonyl (C=O) groups is 2. The van der Waals surface area contributed by atoms with Gasteiger partial charge in [0.05, 0.1) is 17.7 Å². The summed E-state index contributed by atoms with van der Waals surface area (Å²) in [5, 5.41) is 5.54. The van der Waals surface area contributed by atoms with Gasteiger partial charge in [0.2, 0.25) is 5.91 Å². The molecule has 2 amide bonds. The van der Waals surface area contributed by atoms with Crippen molar-refractivity contribution in [2.75, 3.05) is 11.9 Å². The highest BCUT2D eigenvalue weighted by molar-refractivity contribution is 6.04. The van der Waals surface area contributed by atoms with E-state index in [1.807, 2.05) is 24.3 Å². The van der Waals surface area contributed by atoms with Crippen LogP contribution in [0.4, 0.5) is 5.69 Å². The van der Waals surface area contributed by atoms with Crippen molar-refractivity contribution in [2.24, 2.45) is 0 Å². The molecule has 0 radical (unpaired) electrons. The van der Waals surface area contributed by atoms with Gasteiger partial charge in [0.1, 0.15) is 0 Å². The molecule has 2 aromatic carbocycles. The minimum atomic E-state index is -0.238. The number of rotatable bonds is 7. The Kier molecular flexibility index (Phi) is 6.32. The lowest BCUT2D eigenvalue weighted by Gasteiger charge is -2.11. The summed E-state index contributed by atoms with van der Waals surface area (Å²) >= 11 is 0. The van der Waals surface area contributed by atoms with Crippen molar-refractivity contribution < 1.29 is 9.59 Å². The molecular weight excluding hydrogens is 300 g/mol. The molecule has 4 nitrogen and oxygen atoms in total. The summed E-state index contributed by atoms with van der Waals surface area (Å²) in [6.07, 6.45) is 2.85. The number of benzene rings is 2. The Bertz CT molecular complexity index is 721. The van der Waals surface area contributed by atoms with Crippen molar-refractivity contribution >= 4 is 17.5 Å². The monoisotopic (exact) mass is 322 g/mol. The molecule has 2 N–H and O–H groups in total. The van der Waals surface area contributed by atoms with E-state index in [2.05, 4.69) is 24.1 Å². The highest BCUT2D eigenvalue weighted by Gasteiger charge is 2.12. The molecule has 0 aliphatic carbocycles. The Hall–Kier alpha value is -2.88. The molecule has 24 heavy (non-hydrogen) atoms. The third-order valence-corrected chi connectivity index (χ3v) is 3.65. The van der Waals surface area contributed by atoms with Gasteiger partial charge < -0.3 is 10.6 Å². The van der Waals surface area contributed by atoms with E-state index in [1.165, 1.54) is 5.56 Å². The molecule has 0 heterocycles. The maximum Gasteiger partial charge on any atom is 0.253 e. The minimum absolute atomic E-state index is 0.150. The SMILES string of the molecule is C=CCNC(=O)c1ccccc1NC(=O)Cc1ccc(CC)cc1. The summed E-state index contributed by atoms with van der Waals surface area (Å²) < 4.78 is 0. The standard InChI is InChI=1S/C20H22N2O2/c1-3-13-21-20(24)17-7-5-6-8-18(17)22-19(23)14-16-11-9-15(4-2)10-12-16/h3,5-12H,1,4,13-14H2,2H3,(H,21,24)(H,22,23). The Morgan fingerprint density at radius 3 is 2.38 bits per heavy atom. The minimum Gasteiger partial charge on any atom is -0.349 e. The van der Waals surface area contributed by atoms with E-state index < -0.39 is 0 Å². The Morgan fingerprint density at radius 1 is 1.04 bits per heavy atom. The molecule has 0 bridgehead atoms. The van der Waals surface area contributed by atoms with Gasteiger partial charge in [-0.05, 0) is 29.7 Å². The van der Waals surface area contributed by atoms with Crippen LogP contribution in [0.15, 0.2) is 61.2 Å². The molecule has 0 saturated carbocycles. The van der Waals surface area contributed by atoms with Crippen LogP contribution in [0.1, 0.15) is 28.4 Å². The van der Waals surface area contributed by atoms with Crippen LogP contribution in [0.25, 0.3) is 0 Å². The molecule has 0 saturated heterocycles. The fraction of sp³-hybridized carbons (Fsp3) is 0.200. The largest absolute Gasteiger partial charge is 0.349 e. The van der Waals surface area contributed by atoms with Gasteiger partial charge in [-0.3, -0.25) is 9.59 Å². The van der Waals surface area contributed by atoms with Crippen molar-refractivity contribution in [3.8, 4) is 0 Å². The first-order valence-electron chi connectivity index (χ1n) is 7.99. The second kappa shape index (κ2) is 8.67. The van der Waals surface area contributed by atoms with E-state index in [-0.39, 0.29) is 18.2 Å². The van der Waals surface area contributed by atoms with Gasteiger partial charge in [0.25, 0.3) is 5.91 Å². The molecule has 0 aliphatic rings. The molecule has 0 atom stereocenters. The van der Waals surface area contributed by atoms with Crippen molar-refractivity contribution in [1.29, 1.82) is 0 Å². The highest BCUT2D eigenvalue weighted by atomic mass is 16.2. The maximum atomic E-state index is 12.3. The summed E-state index contributed by atoms with van der Waals surface area (Å²) in [6.45, 7) is 6.04. The summed E-state index contributed by atoms with van der Waals surface area (Å²) in [5.74, 6) is -0.388. The zero-order valence-corrected chi connectivity index (χ0v) is 13.8. The van der Waals surface area contributed by atoms with Gasteiger partial charge in [0.15, 0.2) is 0 Å². The third-order valence-electron chi connectivity index (χ3n) is 3.65. The fourth-order valence-corrected chi connectivity index (χ4v) is 2.32. The van der Waals surface area contributed by atoms with Crippen LogP contribution in [0.2, 0.25) is 0 Å².